The summed E-state index contributed by atoms with van der Waals surface area (Å²) in [4.78, 5) is 26.4. The second-order valence-electron chi connectivity index (χ2n) is 4.78. The van der Waals surface area contributed by atoms with Gasteiger partial charge in [-0.15, -0.1) is 11.6 Å². The summed E-state index contributed by atoms with van der Waals surface area (Å²) in [6, 6.07) is 0. The van der Waals surface area contributed by atoms with E-state index in [0.717, 1.165) is 12.8 Å². The van der Waals surface area contributed by atoms with Crippen LogP contribution in [0.4, 0.5) is 0 Å². The van der Waals surface area contributed by atoms with Crippen LogP contribution < -0.4 is 11.2 Å². The Morgan fingerprint density at radius 2 is 1.89 bits per heavy atom. The third-order valence-corrected chi connectivity index (χ3v) is 4.16. The summed E-state index contributed by atoms with van der Waals surface area (Å²) in [7, 11) is 0. The van der Waals surface area contributed by atoms with E-state index in [-0.39, 0.29) is 10.9 Å². The number of nitrogens with zero attached hydrogens (tertiary/aromatic N) is 1. The molecule has 0 radical (unpaired) electrons. The van der Waals surface area contributed by atoms with Crippen molar-refractivity contribution in [2.24, 2.45) is 5.92 Å². The van der Waals surface area contributed by atoms with Crippen molar-refractivity contribution in [3.05, 3.63) is 31.6 Å². The quantitative estimate of drug-likeness (QED) is 0.870. The van der Waals surface area contributed by atoms with E-state index in [0.29, 0.717) is 18.2 Å². The van der Waals surface area contributed by atoms with Crippen LogP contribution in [0.5, 0.6) is 0 Å². The van der Waals surface area contributed by atoms with E-state index in [1.54, 1.807) is 0 Å². The Kier molecular flexibility index (Phi) is 4.51. The summed E-state index contributed by atoms with van der Waals surface area (Å²) in [6.45, 7) is 0.455. The SMILES string of the molecule is O=c1[nH]c(CCl)c(Cl)c(=O)n1CC1CCCCC1. The summed E-state index contributed by atoms with van der Waals surface area (Å²) in [5, 5.41) is 0.0282. The van der Waals surface area contributed by atoms with Crippen molar-refractivity contribution in [1.82, 2.24) is 9.55 Å². The van der Waals surface area contributed by atoms with Crippen molar-refractivity contribution < 1.29 is 0 Å². The molecule has 0 aliphatic heterocycles. The molecule has 0 atom stereocenters. The minimum atomic E-state index is -0.429. The average molecular weight is 291 g/mol. The topological polar surface area (TPSA) is 54.9 Å². The Labute approximate surface area is 115 Å². The summed E-state index contributed by atoms with van der Waals surface area (Å²) in [6.07, 6.45) is 5.73. The van der Waals surface area contributed by atoms with Crippen LogP contribution in [-0.4, -0.2) is 9.55 Å². The molecule has 0 bridgehead atoms. The van der Waals surface area contributed by atoms with Gasteiger partial charge in [0.15, 0.2) is 0 Å². The van der Waals surface area contributed by atoms with E-state index in [1.165, 1.54) is 23.8 Å². The number of alkyl halides is 1. The number of aromatic nitrogens is 2. The second-order valence-corrected chi connectivity index (χ2v) is 5.42. The fourth-order valence-electron chi connectivity index (χ4n) is 2.48. The zero-order valence-corrected chi connectivity index (χ0v) is 11.6. The van der Waals surface area contributed by atoms with E-state index in [2.05, 4.69) is 4.98 Å². The van der Waals surface area contributed by atoms with Crippen molar-refractivity contribution in [3.63, 3.8) is 0 Å². The standard InChI is InChI=1S/C12H16Cl2N2O2/c13-6-9-10(14)11(17)16(12(18)15-9)7-8-4-2-1-3-5-8/h8H,1-7H2,(H,15,18). The molecule has 100 valence electrons. The lowest BCUT2D eigenvalue weighted by atomic mass is 9.89. The van der Waals surface area contributed by atoms with Crippen LogP contribution in [0.25, 0.3) is 0 Å². The first-order valence-corrected chi connectivity index (χ1v) is 7.12. The molecule has 1 aromatic heterocycles. The van der Waals surface area contributed by atoms with Gasteiger partial charge in [-0.2, -0.15) is 0 Å². The van der Waals surface area contributed by atoms with E-state index in [9.17, 15) is 9.59 Å². The summed E-state index contributed by atoms with van der Waals surface area (Å²) in [5.74, 6) is 0.434. The highest BCUT2D eigenvalue weighted by atomic mass is 35.5. The van der Waals surface area contributed by atoms with Gasteiger partial charge >= 0.3 is 5.69 Å². The van der Waals surface area contributed by atoms with Crippen LogP contribution in [-0.2, 0) is 12.4 Å². The Balaban J connectivity index is 2.30. The van der Waals surface area contributed by atoms with Gasteiger partial charge < -0.3 is 4.98 Å². The van der Waals surface area contributed by atoms with Crippen molar-refractivity contribution >= 4 is 23.2 Å². The molecule has 18 heavy (non-hydrogen) atoms. The molecule has 0 unspecified atom stereocenters. The number of hydrogen-bond donors (Lipinski definition) is 1. The third-order valence-electron chi connectivity index (χ3n) is 3.50. The zero-order chi connectivity index (χ0) is 13.1. The van der Waals surface area contributed by atoms with Gasteiger partial charge in [0.2, 0.25) is 0 Å². The Hall–Kier alpha value is -0.740. The lowest BCUT2D eigenvalue weighted by molar-refractivity contribution is 0.311. The summed E-state index contributed by atoms with van der Waals surface area (Å²) >= 11 is 11.5. The molecule has 0 saturated heterocycles. The molecule has 1 saturated carbocycles. The second kappa shape index (κ2) is 5.93. The molecule has 1 fully saturated rings. The highest BCUT2D eigenvalue weighted by molar-refractivity contribution is 6.31. The minimum absolute atomic E-state index is 0.0282. The molecule has 1 aromatic rings. The van der Waals surface area contributed by atoms with Crippen LogP contribution >= 0.6 is 23.2 Å². The molecule has 1 aliphatic carbocycles. The Bertz CT molecular complexity index is 530. The predicted molar refractivity (Wildman–Crippen MR) is 72.5 cm³/mol. The molecule has 2 rings (SSSR count). The van der Waals surface area contributed by atoms with Gasteiger partial charge in [-0.3, -0.25) is 9.36 Å². The van der Waals surface area contributed by atoms with E-state index in [1.807, 2.05) is 0 Å². The molecule has 1 N–H and O–H groups in total. The molecule has 0 spiro atoms. The van der Waals surface area contributed by atoms with Gasteiger partial charge in [-0.05, 0) is 18.8 Å². The largest absolute Gasteiger partial charge is 0.328 e. The maximum absolute atomic E-state index is 12.0. The third kappa shape index (κ3) is 2.81. The number of nitrogens with one attached hydrogen (secondary N) is 1. The number of hydrogen-bond acceptors (Lipinski definition) is 2. The molecular formula is C12H16Cl2N2O2. The van der Waals surface area contributed by atoms with Crippen LogP contribution in [0.15, 0.2) is 9.59 Å². The van der Waals surface area contributed by atoms with Crippen LogP contribution in [0.1, 0.15) is 37.8 Å². The first kappa shape index (κ1) is 13.7. The molecule has 4 nitrogen and oxygen atoms in total. The summed E-state index contributed by atoms with van der Waals surface area (Å²) in [5.41, 5.74) is -0.541. The molecule has 1 heterocycles. The zero-order valence-electron chi connectivity index (χ0n) is 10.0. The van der Waals surface area contributed by atoms with E-state index < -0.39 is 11.2 Å². The number of H-pyrrole nitrogens is 1. The van der Waals surface area contributed by atoms with Gasteiger partial charge in [-0.25, -0.2) is 4.79 Å². The van der Waals surface area contributed by atoms with Gasteiger partial charge in [-0.1, -0.05) is 30.9 Å². The predicted octanol–water partition coefficient (Wildman–Crippen LogP) is 2.51. The molecule has 6 heteroatoms. The average Bonchev–Trinajstić information content (AvgIpc) is 2.40. The fourth-order valence-corrected chi connectivity index (χ4v) is 2.96. The van der Waals surface area contributed by atoms with Crippen LogP contribution in [0.3, 0.4) is 0 Å². The lowest BCUT2D eigenvalue weighted by Gasteiger charge is -2.21. The van der Waals surface area contributed by atoms with Gasteiger partial charge in [0, 0.05) is 6.54 Å². The normalized spacial score (nSPS) is 17.0. The van der Waals surface area contributed by atoms with Gasteiger partial charge in [0.05, 0.1) is 11.6 Å². The first-order valence-electron chi connectivity index (χ1n) is 6.21. The van der Waals surface area contributed by atoms with Crippen LogP contribution in [0, 0.1) is 5.92 Å². The lowest BCUT2D eigenvalue weighted by Crippen LogP contribution is -2.38. The fraction of sp³-hybridized carbons (Fsp3) is 0.667. The van der Waals surface area contributed by atoms with E-state index in [4.69, 9.17) is 23.2 Å². The number of aromatic amines is 1. The molecule has 0 aromatic carbocycles. The van der Waals surface area contributed by atoms with Crippen molar-refractivity contribution in [1.29, 1.82) is 0 Å². The number of halogens is 2. The smallest absolute Gasteiger partial charge is 0.308 e. The maximum Gasteiger partial charge on any atom is 0.328 e. The highest BCUT2D eigenvalue weighted by Crippen LogP contribution is 2.24. The van der Waals surface area contributed by atoms with Crippen molar-refractivity contribution in [2.45, 2.75) is 44.5 Å². The summed E-state index contributed by atoms with van der Waals surface area (Å²) < 4.78 is 1.20. The van der Waals surface area contributed by atoms with Gasteiger partial charge in [0.25, 0.3) is 5.56 Å². The Morgan fingerprint density at radius 3 is 2.50 bits per heavy atom. The Morgan fingerprint density at radius 1 is 1.22 bits per heavy atom. The molecule has 0 amide bonds. The minimum Gasteiger partial charge on any atom is -0.308 e. The van der Waals surface area contributed by atoms with Gasteiger partial charge in [0.1, 0.15) is 5.02 Å². The van der Waals surface area contributed by atoms with E-state index >= 15 is 0 Å². The maximum atomic E-state index is 12.0. The van der Waals surface area contributed by atoms with Crippen LogP contribution in [0.2, 0.25) is 5.02 Å². The van der Waals surface area contributed by atoms with Crippen molar-refractivity contribution in [3.8, 4) is 0 Å². The monoisotopic (exact) mass is 290 g/mol. The molecule has 1 aliphatic rings. The first-order chi connectivity index (χ1) is 8.63. The number of rotatable bonds is 3. The highest BCUT2D eigenvalue weighted by Gasteiger charge is 2.18. The van der Waals surface area contributed by atoms with Crippen molar-refractivity contribution in [2.75, 3.05) is 0 Å². The molecular weight excluding hydrogens is 275 g/mol.